The number of hydrogen-bond donors (Lipinski definition) is 1. The molecule has 2 rings (SSSR count). The van der Waals surface area contributed by atoms with Gasteiger partial charge >= 0.3 is 0 Å². The van der Waals surface area contributed by atoms with E-state index in [-0.39, 0.29) is 24.0 Å². The number of rotatable bonds is 6. The fourth-order valence-electron chi connectivity index (χ4n) is 1.96. The fraction of sp³-hybridized carbons (Fsp3) is 0.467. The molecule has 122 valence electrons. The van der Waals surface area contributed by atoms with Crippen LogP contribution in [0.1, 0.15) is 25.5 Å². The minimum absolute atomic E-state index is 0. The molecule has 0 radical (unpaired) electrons. The van der Waals surface area contributed by atoms with Crippen molar-refractivity contribution < 1.29 is 4.42 Å². The molecule has 0 saturated heterocycles. The third-order valence-electron chi connectivity index (χ3n) is 3.13. The molecule has 2 aromatic rings. The van der Waals surface area contributed by atoms with Crippen LogP contribution in [0.3, 0.4) is 0 Å². The summed E-state index contributed by atoms with van der Waals surface area (Å²) < 4.78 is 5.51. The summed E-state index contributed by atoms with van der Waals surface area (Å²) in [6.45, 7) is 3.79. The van der Waals surface area contributed by atoms with Crippen LogP contribution in [-0.4, -0.2) is 36.5 Å². The zero-order chi connectivity index (χ0) is 15.1. The second kappa shape index (κ2) is 9.83. The van der Waals surface area contributed by atoms with E-state index in [1.807, 2.05) is 24.6 Å². The maximum Gasteiger partial charge on any atom is 0.236 e. The van der Waals surface area contributed by atoms with Crippen molar-refractivity contribution in [2.75, 3.05) is 20.6 Å². The van der Waals surface area contributed by atoms with Gasteiger partial charge < -0.3 is 14.6 Å². The van der Waals surface area contributed by atoms with E-state index in [2.05, 4.69) is 27.1 Å². The van der Waals surface area contributed by atoms with E-state index in [0.29, 0.717) is 12.4 Å². The second-order valence-corrected chi connectivity index (χ2v) is 5.74. The van der Waals surface area contributed by atoms with Crippen LogP contribution in [0.15, 0.2) is 33.2 Å². The average Bonchev–Trinajstić information content (AvgIpc) is 3.16. The molecule has 0 aromatic carbocycles. The molecule has 0 unspecified atom stereocenters. The van der Waals surface area contributed by atoms with Gasteiger partial charge in [0.05, 0.1) is 17.1 Å². The highest BCUT2D eigenvalue weighted by atomic mass is 127. The summed E-state index contributed by atoms with van der Waals surface area (Å²) in [5.74, 6) is 1.56. The van der Waals surface area contributed by atoms with Gasteiger partial charge in [-0.05, 0) is 17.9 Å². The summed E-state index contributed by atoms with van der Waals surface area (Å²) in [4.78, 5) is 12.0. The topological polar surface area (TPSA) is 53.7 Å². The number of unbranched alkanes of at least 4 members (excludes halogenated alkanes) is 1. The number of halogens is 1. The quantitative estimate of drug-likeness (QED) is 0.427. The Labute approximate surface area is 152 Å². The molecule has 0 atom stereocenters. The lowest BCUT2D eigenvalue weighted by molar-refractivity contribution is 0.464. The summed E-state index contributed by atoms with van der Waals surface area (Å²) in [7, 11) is 3.84. The Morgan fingerprint density at radius 2 is 2.32 bits per heavy atom. The van der Waals surface area contributed by atoms with Gasteiger partial charge in [-0.25, -0.2) is 4.98 Å². The van der Waals surface area contributed by atoms with Crippen LogP contribution in [-0.2, 0) is 6.54 Å². The largest absolute Gasteiger partial charge is 0.443 e. The average molecular weight is 434 g/mol. The van der Waals surface area contributed by atoms with Gasteiger partial charge in [-0.15, -0.1) is 35.3 Å². The molecular formula is C15H23IN4OS. The van der Waals surface area contributed by atoms with Crippen LogP contribution in [0.25, 0.3) is 10.8 Å². The monoisotopic (exact) mass is 434 g/mol. The molecule has 0 aliphatic heterocycles. The number of aromatic nitrogens is 1. The van der Waals surface area contributed by atoms with Gasteiger partial charge in [-0.2, -0.15) is 0 Å². The van der Waals surface area contributed by atoms with E-state index >= 15 is 0 Å². The van der Waals surface area contributed by atoms with E-state index in [9.17, 15) is 0 Å². The number of guanidine groups is 1. The van der Waals surface area contributed by atoms with Crippen LogP contribution >= 0.6 is 35.3 Å². The SMILES string of the molecule is CCCCN(C)C(=NC)NCc1coc(-c2cccs2)n1.I. The van der Waals surface area contributed by atoms with Crippen LogP contribution < -0.4 is 5.32 Å². The van der Waals surface area contributed by atoms with Crippen molar-refractivity contribution in [1.82, 2.24) is 15.2 Å². The first-order valence-electron chi connectivity index (χ1n) is 7.14. The van der Waals surface area contributed by atoms with Crippen LogP contribution in [0.2, 0.25) is 0 Å². The molecule has 0 aliphatic carbocycles. The van der Waals surface area contributed by atoms with Crippen molar-refractivity contribution in [3.63, 3.8) is 0 Å². The Balaban J connectivity index is 0.00000242. The molecule has 0 fully saturated rings. The van der Waals surface area contributed by atoms with Crippen molar-refractivity contribution in [2.45, 2.75) is 26.3 Å². The molecular weight excluding hydrogens is 411 g/mol. The zero-order valence-corrected chi connectivity index (χ0v) is 16.4. The normalized spacial score (nSPS) is 11.1. The maximum atomic E-state index is 5.51. The molecule has 0 amide bonds. The summed E-state index contributed by atoms with van der Waals surface area (Å²) in [6, 6.07) is 4.00. The molecule has 0 saturated carbocycles. The standard InChI is InChI=1S/C15H22N4OS.HI/c1-4-5-8-19(3)15(16-2)17-10-12-11-20-14(18-12)13-7-6-9-21-13;/h6-7,9,11H,4-5,8,10H2,1-3H3,(H,16,17);1H. The minimum atomic E-state index is 0. The highest BCUT2D eigenvalue weighted by Crippen LogP contribution is 2.23. The Hall–Kier alpha value is -1.09. The first-order valence-corrected chi connectivity index (χ1v) is 8.02. The lowest BCUT2D eigenvalue weighted by Gasteiger charge is -2.21. The van der Waals surface area contributed by atoms with Gasteiger partial charge in [0.15, 0.2) is 5.96 Å². The number of thiophene rings is 1. The summed E-state index contributed by atoms with van der Waals surface area (Å²) >= 11 is 1.62. The molecule has 0 bridgehead atoms. The summed E-state index contributed by atoms with van der Waals surface area (Å²) in [6.07, 6.45) is 4.03. The van der Waals surface area contributed by atoms with Gasteiger partial charge in [0.25, 0.3) is 0 Å². The summed E-state index contributed by atoms with van der Waals surface area (Å²) in [5.41, 5.74) is 0.878. The van der Waals surface area contributed by atoms with E-state index in [1.54, 1.807) is 24.6 Å². The van der Waals surface area contributed by atoms with Crippen molar-refractivity contribution in [2.24, 2.45) is 4.99 Å². The molecule has 22 heavy (non-hydrogen) atoms. The molecule has 2 aromatic heterocycles. The number of nitrogens with zero attached hydrogens (tertiary/aromatic N) is 3. The first kappa shape index (κ1) is 19.0. The highest BCUT2D eigenvalue weighted by molar-refractivity contribution is 14.0. The van der Waals surface area contributed by atoms with E-state index < -0.39 is 0 Å². The molecule has 0 spiro atoms. The zero-order valence-electron chi connectivity index (χ0n) is 13.2. The third-order valence-corrected chi connectivity index (χ3v) is 3.99. The van der Waals surface area contributed by atoms with Crippen LogP contribution in [0, 0.1) is 0 Å². The van der Waals surface area contributed by atoms with E-state index in [0.717, 1.165) is 29.5 Å². The smallest absolute Gasteiger partial charge is 0.236 e. The van der Waals surface area contributed by atoms with Gasteiger partial charge in [0.1, 0.15) is 6.26 Å². The highest BCUT2D eigenvalue weighted by Gasteiger charge is 2.09. The number of oxazole rings is 1. The van der Waals surface area contributed by atoms with Crippen molar-refractivity contribution in [3.8, 4) is 10.8 Å². The van der Waals surface area contributed by atoms with Crippen molar-refractivity contribution >= 4 is 41.3 Å². The predicted octanol–water partition coefficient (Wildman–Crippen LogP) is 3.83. The van der Waals surface area contributed by atoms with E-state index in [1.165, 1.54) is 6.42 Å². The summed E-state index contributed by atoms with van der Waals surface area (Å²) in [5, 5.41) is 5.33. The molecule has 2 heterocycles. The van der Waals surface area contributed by atoms with Crippen molar-refractivity contribution in [3.05, 3.63) is 29.5 Å². The molecule has 1 N–H and O–H groups in total. The Morgan fingerprint density at radius 3 is 2.95 bits per heavy atom. The predicted molar refractivity (Wildman–Crippen MR) is 103 cm³/mol. The lowest BCUT2D eigenvalue weighted by atomic mass is 10.3. The lowest BCUT2D eigenvalue weighted by Crippen LogP contribution is -2.39. The van der Waals surface area contributed by atoms with Crippen LogP contribution in [0.4, 0.5) is 0 Å². The number of hydrogen-bond acceptors (Lipinski definition) is 4. The minimum Gasteiger partial charge on any atom is -0.443 e. The van der Waals surface area contributed by atoms with Gasteiger partial charge in [0.2, 0.25) is 5.89 Å². The van der Waals surface area contributed by atoms with Crippen LogP contribution in [0.5, 0.6) is 0 Å². The Bertz CT molecular complexity index is 568. The van der Waals surface area contributed by atoms with Crippen molar-refractivity contribution in [1.29, 1.82) is 0 Å². The fourth-order valence-corrected chi connectivity index (χ4v) is 2.61. The Morgan fingerprint density at radius 1 is 1.50 bits per heavy atom. The second-order valence-electron chi connectivity index (χ2n) is 4.80. The molecule has 0 aliphatic rings. The number of nitrogens with one attached hydrogen (secondary N) is 1. The molecule has 7 heteroatoms. The Kier molecular flexibility index (Phi) is 8.47. The first-order chi connectivity index (χ1) is 10.2. The molecule has 5 nitrogen and oxygen atoms in total. The van der Waals surface area contributed by atoms with Gasteiger partial charge in [0, 0.05) is 20.6 Å². The number of aliphatic imine (C=N–C) groups is 1. The van der Waals surface area contributed by atoms with Gasteiger partial charge in [-0.1, -0.05) is 19.4 Å². The maximum absolute atomic E-state index is 5.51. The third kappa shape index (κ3) is 5.28. The van der Waals surface area contributed by atoms with Gasteiger partial charge in [-0.3, -0.25) is 4.99 Å². The van der Waals surface area contributed by atoms with E-state index in [4.69, 9.17) is 4.42 Å².